The number of para-hydroxylation sites is 1. The Labute approximate surface area is 227 Å². The Morgan fingerprint density at radius 1 is 1.13 bits per heavy atom. The van der Waals surface area contributed by atoms with Gasteiger partial charge >= 0.3 is 6.03 Å². The molecule has 1 aromatic carbocycles. The number of anilines is 3. The summed E-state index contributed by atoms with van der Waals surface area (Å²) >= 11 is 1.21. The SMILES string of the molecule is C=CC(=O)N1CCC[C@@H](NC(=O)c2sc3nccc4c3c2NC(=O)N4c2cc(Oc3ccccc3)ccn2)C1. The normalized spacial score (nSPS) is 16.5. The summed E-state index contributed by atoms with van der Waals surface area (Å²) in [6.07, 6.45) is 6.00. The van der Waals surface area contributed by atoms with Crippen molar-refractivity contribution in [3.05, 3.63) is 78.5 Å². The topological polar surface area (TPSA) is 117 Å². The number of rotatable bonds is 6. The van der Waals surface area contributed by atoms with Gasteiger partial charge in [-0.05, 0) is 43.2 Å². The van der Waals surface area contributed by atoms with Gasteiger partial charge in [0.25, 0.3) is 5.91 Å². The van der Waals surface area contributed by atoms with E-state index in [1.54, 1.807) is 35.5 Å². The molecule has 4 amide bonds. The van der Waals surface area contributed by atoms with E-state index in [0.717, 1.165) is 12.8 Å². The Kier molecular flexibility index (Phi) is 6.41. The van der Waals surface area contributed by atoms with E-state index in [2.05, 4.69) is 27.2 Å². The van der Waals surface area contributed by atoms with Crippen LogP contribution in [0.3, 0.4) is 0 Å². The van der Waals surface area contributed by atoms with Crippen molar-refractivity contribution in [1.29, 1.82) is 0 Å². The van der Waals surface area contributed by atoms with Crippen LogP contribution in [-0.4, -0.2) is 51.8 Å². The first-order valence-corrected chi connectivity index (χ1v) is 13.3. The van der Waals surface area contributed by atoms with Crippen molar-refractivity contribution < 1.29 is 19.1 Å². The lowest BCUT2D eigenvalue weighted by molar-refractivity contribution is -0.127. The number of ether oxygens (including phenoxy) is 1. The van der Waals surface area contributed by atoms with Gasteiger partial charge in [-0.25, -0.2) is 19.7 Å². The Morgan fingerprint density at radius 2 is 1.95 bits per heavy atom. The van der Waals surface area contributed by atoms with Crippen molar-refractivity contribution in [2.45, 2.75) is 18.9 Å². The van der Waals surface area contributed by atoms with Gasteiger partial charge in [0.1, 0.15) is 27.0 Å². The average Bonchev–Trinajstić information content (AvgIpc) is 3.33. The van der Waals surface area contributed by atoms with Crippen LogP contribution in [0.5, 0.6) is 11.5 Å². The van der Waals surface area contributed by atoms with Crippen molar-refractivity contribution in [2.75, 3.05) is 23.3 Å². The third-order valence-electron chi connectivity index (χ3n) is 6.62. The number of piperidine rings is 1. The average molecular weight is 541 g/mol. The van der Waals surface area contributed by atoms with Gasteiger partial charge in [0.2, 0.25) is 5.91 Å². The van der Waals surface area contributed by atoms with Crippen molar-refractivity contribution in [3.63, 3.8) is 0 Å². The third kappa shape index (κ3) is 4.68. The largest absolute Gasteiger partial charge is 0.457 e. The molecule has 2 aliphatic heterocycles. The monoisotopic (exact) mass is 540 g/mol. The van der Waals surface area contributed by atoms with Crippen molar-refractivity contribution in [2.24, 2.45) is 0 Å². The molecule has 6 rings (SSSR count). The molecule has 39 heavy (non-hydrogen) atoms. The highest BCUT2D eigenvalue weighted by molar-refractivity contribution is 7.21. The first-order valence-electron chi connectivity index (χ1n) is 12.5. The van der Waals surface area contributed by atoms with Crippen LogP contribution in [0, 0.1) is 0 Å². The summed E-state index contributed by atoms with van der Waals surface area (Å²) in [6, 6.07) is 13.8. The van der Waals surface area contributed by atoms with E-state index >= 15 is 0 Å². The molecule has 2 N–H and O–H groups in total. The van der Waals surface area contributed by atoms with Crippen LogP contribution < -0.4 is 20.3 Å². The fourth-order valence-corrected chi connectivity index (χ4v) is 5.88. The highest BCUT2D eigenvalue weighted by atomic mass is 32.1. The van der Waals surface area contributed by atoms with Crippen LogP contribution in [0.1, 0.15) is 22.5 Å². The van der Waals surface area contributed by atoms with Crippen LogP contribution >= 0.6 is 11.3 Å². The highest BCUT2D eigenvalue weighted by Crippen LogP contribution is 2.45. The van der Waals surface area contributed by atoms with Crippen LogP contribution in [0.25, 0.3) is 10.2 Å². The standard InChI is InChI=1S/C28H24N6O4S/c1-2-22(35)33-14-6-7-17(16-33)31-26(36)25-24-23-20(11-13-30-27(23)39-25)34(28(37)32-24)21-15-19(10-12-29-21)38-18-8-4-3-5-9-18/h2-5,8-13,15,17H,1,6-7,14,16H2,(H,31,36)(H,32,37)/t17-/m1/s1. The maximum absolute atomic E-state index is 13.4. The Bertz CT molecular complexity index is 1600. The number of hydrogen-bond donors (Lipinski definition) is 2. The molecule has 2 aliphatic rings. The summed E-state index contributed by atoms with van der Waals surface area (Å²) in [6.45, 7) is 4.60. The molecule has 11 heteroatoms. The minimum absolute atomic E-state index is 0.154. The van der Waals surface area contributed by atoms with E-state index in [1.165, 1.54) is 22.3 Å². The third-order valence-corrected chi connectivity index (χ3v) is 7.72. The number of likely N-dealkylation sites (tertiary alicyclic amines) is 1. The minimum atomic E-state index is -0.452. The smallest absolute Gasteiger partial charge is 0.332 e. The van der Waals surface area contributed by atoms with Crippen molar-refractivity contribution in [3.8, 4) is 11.5 Å². The van der Waals surface area contributed by atoms with Crippen molar-refractivity contribution >= 4 is 56.6 Å². The molecule has 3 aromatic heterocycles. The van der Waals surface area contributed by atoms with Crippen molar-refractivity contribution in [1.82, 2.24) is 20.2 Å². The predicted molar refractivity (Wildman–Crippen MR) is 149 cm³/mol. The van der Waals surface area contributed by atoms with Gasteiger partial charge in [0.15, 0.2) is 0 Å². The lowest BCUT2D eigenvalue weighted by Crippen LogP contribution is -2.49. The van der Waals surface area contributed by atoms with E-state index < -0.39 is 6.03 Å². The summed E-state index contributed by atoms with van der Waals surface area (Å²) in [5.41, 5.74) is 0.988. The van der Waals surface area contributed by atoms with Crippen LogP contribution in [0.2, 0.25) is 0 Å². The number of aromatic nitrogens is 2. The first-order chi connectivity index (χ1) is 19.0. The zero-order valence-electron chi connectivity index (χ0n) is 20.8. The summed E-state index contributed by atoms with van der Waals surface area (Å²) in [7, 11) is 0. The molecule has 10 nitrogen and oxygen atoms in total. The fraction of sp³-hybridized carbons (Fsp3) is 0.179. The minimum Gasteiger partial charge on any atom is -0.457 e. The van der Waals surface area contributed by atoms with E-state index in [-0.39, 0.29) is 17.9 Å². The van der Waals surface area contributed by atoms with Crippen LogP contribution in [0.15, 0.2) is 73.6 Å². The van der Waals surface area contributed by atoms with Gasteiger partial charge in [0, 0.05) is 37.6 Å². The fourth-order valence-electron chi connectivity index (χ4n) is 4.86. The first kappa shape index (κ1) is 24.6. The van der Waals surface area contributed by atoms with Gasteiger partial charge < -0.3 is 20.3 Å². The zero-order valence-corrected chi connectivity index (χ0v) is 21.6. The summed E-state index contributed by atoms with van der Waals surface area (Å²) < 4.78 is 5.93. The molecular weight excluding hydrogens is 516 g/mol. The van der Waals surface area contributed by atoms with E-state index in [1.807, 2.05) is 30.3 Å². The predicted octanol–water partition coefficient (Wildman–Crippen LogP) is 5.07. The Hall–Kier alpha value is -4.77. The maximum atomic E-state index is 13.4. The summed E-state index contributed by atoms with van der Waals surface area (Å²) in [5, 5.41) is 6.58. The Morgan fingerprint density at radius 3 is 2.77 bits per heavy atom. The lowest BCUT2D eigenvalue weighted by atomic mass is 10.1. The number of thiophene rings is 1. The van der Waals surface area contributed by atoms with E-state index in [0.29, 0.717) is 56.9 Å². The Balaban J connectivity index is 1.30. The van der Waals surface area contributed by atoms with Gasteiger partial charge in [-0.3, -0.25) is 9.59 Å². The number of benzene rings is 1. The molecule has 1 fully saturated rings. The summed E-state index contributed by atoms with van der Waals surface area (Å²) in [4.78, 5) is 51.8. The molecular formula is C28H24N6O4S. The number of pyridine rings is 2. The molecule has 5 heterocycles. The molecule has 0 radical (unpaired) electrons. The highest BCUT2D eigenvalue weighted by Gasteiger charge is 2.34. The molecule has 0 saturated carbocycles. The molecule has 196 valence electrons. The molecule has 1 saturated heterocycles. The second-order valence-electron chi connectivity index (χ2n) is 9.15. The van der Waals surface area contributed by atoms with Gasteiger partial charge in [-0.15, -0.1) is 11.3 Å². The second-order valence-corrected chi connectivity index (χ2v) is 10.1. The number of urea groups is 1. The molecule has 0 unspecified atom stereocenters. The number of hydrogen-bond acceptors (Lipinski definition) is 7. The number of nitrogens with zero attached hydrogens (tertiary/aromatic N) is 4. The summed E-state index contributed by atoms with van der Waals surface area (Å²) in [5.74, 6) is 1.08. The number of amides is 4. The van der Waals surface area contributed by atoms with Crippen LogP contribution in [-0.2, 0) is 4.79 Å². The number of nitrogens with one attached hydrogen (secondary N) is 2. The van der Waals surface area contributed by atoms with Gasteiger partial charge in [-0.1, -0.05) is 24.8 Å². The zero-order chi connectivity index (χ0) is 26.9. The number of carbonyl (C=O) groups excluding carboxylic acids is 3. The molecule has 0 spiro atoms. The molecule has 0 bridgehead atoms. The quantitative estimate of drug-likeness (QED) is 0.330. The lowest BCUT2D eigenvalue weighted by Gasteiger charge is -2.32. The molecule has 1 atom stereocenters. The maximum Gasteiger partial charge on any atom is 0.332 e. The van der Waals surface area contributed by atoms with E-state index in [4.69, 9.17) is 4.74 Å². The van der Waals surface area contributed by atoms with Gasteiger partial charge in [0.05, 0.1) is 16.8 Å². The van der Waals surface area contributed by atoms with Crippen LogP contribution in [0.4, 0.5) is 22.0 Å². The van der Waals surface area contributed by atoms with E-state index in [9.17, 15) is 14.4 Å². The molecule has 4 aromatic rings. The van der Waals surface area contributed by atoms with Gasteiger partial charge in [-0.2, -0.15) is 0 Å². The number of carbonyl (C=O) groups is 3. The molecule has 0 aliphatic carbocycles. The second kappa shape index (κ2) is 10.2.